The summed E-state index contributed by atoms with van der Waals surface area (Å²) >= 11 is 0. The van der Waals surface area contributed by atoms with E-state index in [9.17, 15) is 4.79 Å². The second-order valence-electron chi connectivity index (χ2n) is 8.16. The van der Waals surface area contributed by atoms with Gasteiger partial charge in [-0.05, 0) is 49.5 Å². The van der Waals surface area contributed by atoms with Crippen LogP contribution in [0.3, 0.4) is 0 Å². The number of amides is 1. The maximum atomic E-state index is 12.7. The van der Waals surface area contributed by atoms with Gasteiger partial charge in [-0.1, -0.05) is 36.4 Å². The molecule has 2 aromatic carbocycles. The summed E-state index contributed by atoms with van der Waals surface area (Å²) in [5, 5.41) is 4.49. The van der Waals surface area contributed by atoms with Crippen LogP contribution in [0.15, 0.2) is 54.6 Å². The van der Waals surface area contributed by atoms with E-state index in [4.69, 9.17) is 4.74 Å². The van der Waals surface area contributed by atoms with Gasteiger partial charge in [-0.25, -0.2) is 0 Å². The van der Waals surface area contributed by atoms with Gasteiger partial charge >= 0.3 is 0 Å². The van der Waals surface area contributed by atoms with Gasteiger partial charge in [0.1, 0.15) is 5.75 Å². The molecule has 5 rings (SSSR count). The van der Waals surface area contributed by atoms with Crippen LogP contribution in [0.5, 0.6) is 5.75 Å². The Morgan fingerprint density at radius 2 is 1.86 bits per heavy atom. The number of aromatic nitrogens is 1. The second-order valence-corrected chi connectivity index (χ2v) is 8.16. The lowest BCUT2D eigenvalue weighted by molar-refractivity contribution is -0.123. The van der Waals surface area contributed by atoms with Crippen molar-refractivity contribution in [2.75, 3.05) is 26.2 Å². The highest BCUT2D eigenvalue weighted by atomic mass is 16.5. The van der Waals surface area contributed by atoms with Crippen molar-refractivity contribution in [3.05, 3.63) is 65.9 Å². The van der Waals surface area contributed by atoms with E-state index < -0.39 is 0 Å². The maximum absolute atomic E-state index is 12.7. The predicted molar refractivity (Wildman–Crippen MR) is 114 cm³/mol. The normalized spacial score (nSPS) is 20.2. The van der Waals surface area contributed by atoms with Crippen molar-refractivity contribution in [1.29, 1.82) is 0 Å². The van der Waals surface area contributed by atoms with Crippen LogP contribution in [-0.2, 0) is 4.79 Å². The topological polar surface area (TPSA) is 57.4 Å². The molecule has 1 unspecified atom stereocenters. The summed E-state index contributed by atoms with van der Waals surface area (Å²) in [5.41, 5.74) is 3.62. The molecule has 29 heavy (non-hydrogen) atoms. The van der Waals surface area contributed by atoms with Crippen molar-refractivity contribution in [3.63, 3.8) is 0 Å². The van der Waals surface area contributed by atoms with E-state index >= 15 is 0 Å². The van der Waals surface area contributed by atoms with E-state index in [2.05, 4.69) is 45.5 Å². The molecule has 1 aromatic heterocycles. The lowest BCUT2D eigenvalue weighted by atomic mass is 9.93. The molecular weight excluding hydrogens is 362 g/mol. The molecule has 2 aliphatic rings. The first-order valence-electron chi connectivity index (χ1n) is 10.6. The Kier molecular flexibility index (Phi) is 4.98. The lowest BCUT2D eigenvalue weighted by Crippen LogP contribution is -2.43. The lowest BCUT2D eigenvalue weighted by Gasteiger charge is -2.32. The fourth-order valence-electron chi connectivity index (χ4n) is 4.65. The Balaban J connectivity index is 1.15. The Morgan fingerprint density at radius 3 is 2.72 bits per heavy atom. The van der Waals surface area contributed by atoms with Crippen LogP contribution >= 0.6 is 0 Å². The average molecular weight is 389 g/mol. The van der Waals surface area contributed by atoms with E-state index in [1.165, 1.54) is 16.6 Å². The number of benzene rings is 2. The van der Waals surface area contributed by atoms with Crippen molar-refractivity contribution < 1.29 is 9.53 Å². The Hall–Kier alpha value is -2.79. The van der Waals surface area contributed by atoms with Gasteiger partial charge in [-0.15, -0.1) is 0 Å². The van der Waals surface area contributed by atoms with Gasteiger partial charge < -0.3 is 15.0 Å². The van der Waals surface area contributed by atoms with Gasteiger partial charge in [0.2, 0.25) is 5.91 Å². The molecule has 5 nitrogen and oxygen atoms in total. The number of nitrogens with one attached hydrogen (secondary N) is 2. The molecule has 3 heterocycles. The number of carbonyl (C=O) groups is 1. The molecule has 1 atom stereocenters. The number of H-pyrrole nitrogens is 1. The Labute approximate surface area is 171 Å². The minimum atomic E-state index is 0.0522. The molecule has 0 radical (unpaired) electrons. The quantitative estimate of drug-likeness (QED) is 0.709. The van der Waals surface area contributed by atoms with E-state index in [0.717, 1.165) is 43.7 Å². The van der Waals surface area contributed by atoms with E-state index in [1.54, 1.807) is 0 Å². The van der Waals surface area contributed by atoms with Gasteiger partial charge in [0.25, 0.3) is 0 Å². The first-order chi connectivity index (χ1) is 14.3. The fourth-order valence-corrected chi connectivity index (χ4v) is 4.65. The monoisotopic (exact) mass is 389 g/mol. The minimum absolute atomic E-state index is 0.0522. The highest BCUT2D eigenvalue weighted by Crippen LogP contribution is 2.32. The molecule has 2 aliphatic heterocycles. The first-order valence-corrected chi connectivity index (χ1v) is 10.6. The number of fused-ring (bicyclic) bond motifs is 2. The number of nitrogens with zero attached hydrogens (tertiary/aromatic N) is 1. The number of aromatic amines is 1. The third-order valence-corrected chi connectivity index (χ3v) is 6.24. The third kappa shape index (κ3) is 3.87. The van der Waals surface area contributed by atoms with Crippen LogP contribution in [0.1, 0.15) is 42.5 Å². The fraction of sp³-hybridized carbons (Fsp3) is 0.375. The molecule has 150 valence electrons. The third-order valence-electron chi connectivity index (χ3n) is 6.24. The van der Waals surface area contributed by atoms with Crippen molar-refractivity contribution in [1.82, 2.24) is 15.2 Å². The molecule has 0 bridgehead atoms. The maximum Gasteiger partial charge on any atom is 0.234 e. The van der Waals surface area contributed by atoms with Crippen LogP contribution in [0, 0.1) is 0 Å². The van der Waals surface area contributed by atoms with Gasteiger partial charge in [-0.2, -0.15) is 0 Å². The highest BCUT2D eigenvalue weighted by Gasteiger charge is 2.26. The van der Waals surface area contributed by atoms with Crippen LogP contribution in [-0.4, -0.2) is 42.0 Å². The van der Waals surface area contributed by atoms with Gasteiger partial charge in [-0.3, -0.25) is 9.69 Å². The molecule has 2 N–H and O–H groups in total. The molecule has 0 aliphatic carbocycles. The molecule has 1 saturated heterocycles. The van der Waals surface area contributed by atoms with E-state index in [0.29, 0.717) is 19.1 Å². The van der Waals surface area contributed by atoms with Crippen molar-refractivity contribution in [2.24, 2.45) is 0 Å². The van der Waals surface area contributed by atoms with Gasteiger partial charge in [0.15, 0.2) is 0 Å². The smallest absolute Gasteiger partial charge is 0.234 e. The zero-order valence-corrected chi connectivity index (χ0v) is 16.6. The van der Waals surface area contributed by atoms with Crippen molar-refractivity contribution >= 4 is 16.8 Å². The Bertz CT molecular complexity index is 971. The first kappa shape index (κ1) is 18.3. The zero-order valence-electron chi connectivity index (χ0n) is 16.6. The predicted octanol–water partition coefficient (Wildman–Crippen LogP) is 3.99. The van der Waals surface area contributed by atoms with E-state index in [-0.39, 0.29) is 11.9 Å². The number of hydrogen-bond acceptors (Lipinski definition) is 3. The highest BCUT2D eigenvalue weighted by molar-refractivity contribution is 5.80. The number of hydrogen-bond donors (Lipinski definition) is 2. The second kappa shape index (κ2) is 7.91. The van der Waals surface area contributed by atoms with Crippen molar-refractivity contribution in [2.45, 2.75) is 31.2 Å². The summed E-state index contributed by atoms with van der Waals surface area (Å²) in [6, 6.07) is 18.8. The molecular formula is C24H27N3O2. The summed E-state index contributed by atoms with van der Waals surface area (Å²) in [5.74, 6) is 1.54. The number of ether oxygens (including phenoxy) is 1. The van der Waals surface area contributed by atoms with Gasteiger partial charge in [0.05, 0.1) is 19.2 Å². The summed E-state index contributed by atoms with van der Waals surface area (Å²) < 4.78 is 5.70. The summed E-state index contributed by atoms with van der Waals surface area (Å²) in [6.07, 6.45) is 2.99. The number of likely N-dealkylation sites (tertiary alicyclic amines) is 1. The number of rotatable bonds is 4. The number of carbonyl (C=O) groups excluding carboxylic acids is 1. The molecule has 1 fully saturated rings. The van der Waals surface area contributed by atoms with Gasteiger partial charge in [0, 0.05) is 29.1 Å². The standard InChI is InChI=1S/C24H27N3O2/c28-24(26-21-11-14-29-23-8-4-2-6-19(21)23)16-27-12-9-17(10-13-27)22-15-18-5-1-3-7-20(18)25-22/h1-8,15,17,21,25H,9-14,16H2,(H,26,28). The molecule has 0 spiro atoms. The molecule has 1 amide bonds. The van der Waals surface area contributed by atoms with Crippen LogP contribution in [0.25, 0.3) is 10.9 Å². The SMILES string of the molecule is O=C(CN1CCC(c2cc3ccccc3[nH]2)CC1)NC1CCOc2ccccc21. The largest absolute Gasteiger partial charge is 0.493 e. The number of para-hydroxylation sites is 2. The van der Waals surface area contributed by atoms with Crippen molar-refractivity contribution in [3.8, 4) is 5.75 Å². The molecule has 3 aromatic rings. The van der Waals surface area contributed by atoms with Crippen LogP contribution in [0.2, 0.25) is 0 Å². The number of piperidine rings is 1. The minimum Gasteiger partial charge on any atom is -0.493 e. The zero-order chi connectivity index (χ0) is 19.6. The average Bonchev–Trinajstić information content (AvgIpc) is 3.19. The molecule has 0 saturated carbocycles. The summed E-state index contributed by atoms with van der Waals surface area (Å²) in [7, 11) is 0. The summed E-state index contributed by atoms with van der Waals surface area (Å²) in [4.78, 5) is 18.5. The molecule has 5 heteroatoms. The Morgan fingerprint density at radius 1 is 1.07 bits per heavy atom. The summed E-state index contributed by atoms with van der Waals surface area (Å²) in [6.45, 7) is 3.03. The van der Waals surface area contributed by atoms with Crippen LogP contribution < -0.4 is 10.1 Å². The van der Waals surface area contributed by atoms with Crippen LogP contribution in [0.4, 0.5) is 0 Å². The van der Waals surface area contributed by atoms with E-state index in [1.807, 2.05) is 24.3 Å².